The fourth-order valence-corrected chi connectivity index (χ4v) is 4.08. The molecular formula is C14H17ClF3N3O4S. The number of anilines is 1. The van der Waals surface area contributed by atoms with E-state index in [4.69, 9.17) is 17.3 Å². The Balaban J connectivity index is 2.24. The minimum absolute atomic E-state index is 0.146. The van der Waals surface area contributed by atoms with Crippen LogP contribution in [0.15, 0.2) is 23.1 Å². The number of rotatable bonds is 4. The lowest BCUT2D eigenvalue weighted by molar-refractivity contribution is -0.242. The summed E-state index contributed by atoms with van der Waals surface area (Å²) in [4.78, 5) is 11.5. The summed E-state index contributed by atoms with van der Waals surface area (Å²) in [5.74, 6) is -1.74. The molecular weight excluding hydrogens is 399 g/mol. The van der Waals surface area contributed by atoms with Gasteiger partial charge in [-0.3, -0.25) is 4.79 Å². The van der Waals surface area contributed by atoms with Gasteiger partial charge in [-0.1, -0.05) is 11.6 Å². The summed E-state index contributed by atoms with van der Waals surface area (Å²) in [6, 6.07) is 2.89. The van der Waals surface area contributed by atoms with E-state index in [0.717, 1.165) is 18.2 Å². The molecule has 1 amide bonds. The molecule has 1 aromatic rings. The third-order valence-electron chi connectivity index (χ3n) is 4.01. The average Bonchev–Trinajstić information content (AvgIpc) is 2.95. The first-order valence-corrected chi connectivity index (χ1v) is 9.24. The highest BCUT2D eigenvalue weighted by atomic mass is 35.5. The SMILES string of the molecule is C[C@@](O)(C(=O)Nc1ccc(S(=O)(=O)N2CCC(N)C2)cc1Cl)C(F)(F)F. The van der Waals surface area contributed by atoms with Gasteiger partial charge in [0.2, 0.25) is 15.6 Å². The van der Waals surface area contributed by atoms with Crippen molar-refractivity contribution in [2.75, 3.05) is 18.4 Å². The molecule has 26 heavy (non-hydrogen) atoms. The van der Waals surface area contributed by atoms with Crippen molar-refractivity contribution in [3.05, 3.63) is 23.2 Å². The number of hydrogen-bond acceptors (Lipinski definition) is 5. The van der Waals surface area contributed by atoms with E-state index in [9.17, 15) is 31.5 Å². The van der Waals surface area contributed by atoms with E-state index >= 15 is 0 Å². The lowest BCUT2D eigenvalue weighted by Gasteiger charge is -2.25. The van der Waals surface area contributed by atoms with Gasteiger partial charge < -0.3 is 16.2 Å². The molecule has 0 saturated carbocycles. The monoisotopic (exact) mass is 415 g/mol. The molecule has 0 bridgehead atoms. The number of hydrogen-bond donors (Lipinski definition) is 3. The second-order valence-electron chi connectivity index (χ2n) is 6.08. The lowest BCUT2D eigenvalue weighted by Crippen LogP contribution is -2.52. The third-order valence-corrected chi connectivity index (χ3v) is 6.18. The quantitative estimate of drug-likeness (QED) is 0.686. The van der Waals surface area contributed by atoms with Crippen molar-refractivity contribution < 1.29 is 31.5 Å². The van der Waals surface area contributed by atoms with E-state index < -0.39 is 27.7 Å². The molecule has 2 rings (SSSR count). The Morgan fingerprint density at radius 2 is 2.04 bits per heavy atom. The van der Waals surface area contributed by atoms with Crippen LogP contribution < -0.4 is 11.1 Å². The average molecular weight is 416 g/mol. The van der Waals surface area contributed by atoms with Gasteiger partial charge in [-0.05, 0) is 31.5 Å². The number of nitrogens with zero attached hydrogens (tertiary/aromatic N) is 1. The molecule has 1 aromatic carbocycles. The van der Waals surface area contributed by atoms with E-state index in [1.807, 2.05) is 5.32 Å². The van der Waals surface area contributed by atoms with Crippen molar-refractivity contribution in [2.45, 2.75) is 36.1 Å². The Hall–Kier alpha value is -1.40. The van der Waals surface area contributed by atoms with E-state index in [-0.39, 0.29) is 34.7 Å². The molecule has 4 N–H and O–H groups in total. The Morgan fingerprint density at radius 1 is 1.42 bits per heavy atom. The molecule has 0 spiro atoms. The van der Waals surface area contributed by atoms with Gasteiger partial charge in [0, 0.05) is 19.1 Å². The van der Waals surface area contributed by atoms with Crippen LogP contribution in [-0.4, -0.2) is 54.6 Å². The maximum absolute atomic E-state index is 12.7. The lowest BCUT2D eigenvalue weighted by atomic mass is 10.1. The number of benzene rings is 1. The maximum Gasteiger partial charge on any atom is 0.426 e. The number of carbonyl (C=O) groups is 1. The summed E-state index contributed by atoms with van der Waals surface area (Å²) in [5, 5.41) is 10.9. The molecule has 1 heterocycles. The fraction of sp³-hybridized carbons (Fsp3) is 0.500. The molecule has 1 fully saturated rings. The number of halogens is 4. The summed E-state index contributed by atoms with van der Waals surface area (Å²) in [6.07, 6.45) is -4.69. The van der Waals surface area contributed by atoms with Crippen LogP contribution in [0, 0.1) is 0 Å². The molecule has 7 nitrogen and oxygen atoms in total. The zero-order valence-electron chi connectivity index (χ0n) is 13.5. The molecule has 1 aliphatic heterocycles. The number of alkyl halides is 3. The highest BCUT2D eigenvalue weighted by Gasteiger charge is 2.55. The molecule has 2 atom stereocenters. The van der Waals surface area contributed by atoms with Crippen LogP contribution in [0.25, 0.3) is 0 Å². The first-order valence-electron chi connectivity index (χ1n) is 7.42. The number of carbonyl (C=O) groups excluding carboxylic acids is 1. The van der Waals surface area contributed by atoms with Gasteiger partial charge in [0.1, 0.15) is 0 Å². The topological polar surface area (TPSA) is 113 Å². The first-order chi connectivity index (χ1) is 11.8. The van der Waals surface area contributed by atoms with Crippen LogP contribution in [0.2, 0.25) is 5.02 Å². The van der Waals surface area contributed by atoms with Gasteiger partial charge in [0.25, 0.3) is 5.91 Å². The largest absolute Gasteiger partial charge is 0.426 e. The van der Waals surface area contributed by atoms with E-state index in [1.54, 1.807) is 0 Å². The number of amides is 1. The fourth-order valence-electron chi connectivity index (χ4n) is 2.25. The van der Waals surface area contributed by atoms with Crippen LogP contribution in [-0.2, 0) is 14.8 Å². The highest BCUT2D eigenvalue weighted by Crippen LogP contribution is 2.33. The molecule has 0 aliphatic carbocycles. The smallest absolute Gasteiger partial charge is 0.373 e. The highest BCUT2D eigenvalue weighted by molar-refractivity contribution is 7.89. The predicted molar refractivity (Wildman–Crippen MR) is 88.1 cm³/mol. The zero-order chi connectivity index (χ0) is 19.9. The van der Waals surface area contributed by atoms with Crippen molar-refractivity contribution in [3.8, 4) is 0 Å². The van der Waals surface area contributed by atoms with Gasteiger partial charge >= 0.3 is 6.18 Å². The minimum Gasteiger partial charge on any atom is -0.373 e. The van der Waals surface area contributed by atoms with Gasteiger partial charge in [0.05, 0.1) is 15.6 Å². The van der Waals surface area contributed by atoms with Gasteiger partial charge in [-0.15, -0.1) is 0 Å². The molecule has 1 aliphatic rings. The minimum atomic E-state index is -5.19. The summed E-state index contributed by atoms with van der Waals surface area (Å²) >= 11 is 5.89. The van der Waals surface area contributed by atoms with Crippen LogP contribution in [0.1, 0.15) is 13.3 Å². The predicted octanol–water partition coefficient (Wildman–Crippen LogP) is 1.31. The Morgan fingerprint density at radius 3 is 2.50 bits per heavy atom. The van der Waals surface area contributed by atoms with Crippen LogP contribution in [0.5, 0.6) is 0 Å². The zero-order valence-corrected chi connectivity index (χ0v) is 15.1. The Labute approximate surface area is 153 Å². The van der Waals surface area contributed by atoms with Crippen LogP contribution >= 0.6 is 11.6 Å². The molecule has 12 heteroatoms. The number of nitrogens with two attached hydrogens (primary N) is 1. The summed E-state index contributed by atoms with van der Waals surface area (Å²) in [5.41, 5.74) is 1.79. The summed E-state index contributed by atoms with van der Waals surface area (Å²) in [6.45, 7) is 0.687. The van der Waals surface area contributed by atoms with E-state index in [0.29, 0.717) is 13.3 Å². The first kappa shape index (κ1) is 20.9. The van der Waals surface area contributed by atoms with Crippen LogP contribution in [0.3, 0.4) is 0 Å². The van der Waals surface area contributed by atoms with Crippen LogP contribution in [0.4, 0.5) is 18.9 Å². The van der Waals surface area contributed by atoms with Crippen molar-refractivity contribution >= 4 is 33.2 Å². The third kappa shape index (κ3) is 3.96. The van der Waals surface area contributed by atoms with Crippen molar-refractivity contribution in [1.82, 2.24) is 4.31 Å². The molecule has 0 aromatic heterocycles. The molecule has 1 unspecified atom stereocenters. The number of nitrogens with one attached hydrogen (secondary N) is 1. The van der Waals surface area contributed by atoms with Gasteiger partial charge in [-0.2, -0.15) is 17.5 Å². The number of sulfonamides is 1. The standard InChI is InChI=1S/C14H17ClF3N3O4S/c1-13(23,14(16,17)18)12(22)20-11-3-2-9(6-10(11)15)26(24,25)21-5-4-8(19)7-21/h2-3,6,8,23H,4-5,7,19H2,1H3,(H,20,22)/t8?,13-/m1/s1. The normalized spacial score (nSPS) is 21.4. The molecule has 1 saturated heterocycles. The Bertz CT molecular complexity index is 814. The van der Waals surface area contributed by atoms with Crippen molar-refractivity contribution in [1.29, 1.82) is 0 Å². The second-order valence-corrected chi connectivity index (χ2v) is 8.42. The molecule has 0 radical (unpaired) electrons. The maximum atomic E-state index is 12.7. The van der Waals surface area contributed by atoms with Crippen molar-refractivity contribution in [3.63, 3.8) is 0 Å². The van der Waals surface area contributed by atoms with Gasteiger partial charge in [-0.25, -0.2) is 8.42 Å². The van der Waals surface area contributed by atoms with E-state index in [1.165, 1.54) is 4.31 Å². The van der Waals surface area contributed by atoms with E-state index in [2.05, 4.69) is 0 Å². The number of aliphatic hydroxyl groups is 1. The Kier molecular flexibility index (Phi) is 5.60. The summed E-state index contributed by atoms with van der Waals surface area (Å²) in [7, 11) is -3.86. The molecule has 146 valence electrons. The summed E-state index contributed by atoms with van der Waals surface area (Å²) < 4.78 is 64.2. The van der Waals surface area contributed by atoms with Crippen molar-refractivity contribution in [2.24, 2.45) is 5.73 Å². The van der Waals surface area contributed by atoms with Gasteiger partial charge in [0.15, 0.2) is 0 Å². The second kappa shape index (κ2) is 6.97.